The third kappa shape index (κ3) is 2.28. The van der Waals surface area contributed by atoms with Gasteiger partial charge >= 0.3 is 5.97 Å². The summed E-state index contributed by atoms with van der Waals surface area (Å²) in [6, 6.07) is 0. The molecule has 0 aromatic carbocycles. The van der Waals surface area contributed by atoms with Crippen molar-refractivity contribution in [2.45, 2.75) is 45.4 Å². The van der Waals surface area contributed by atoms with Gasteiger partial charge in [0.15, 0.2) is 17.3 Å². The Labute approximate surface area is 133 Å². The molecule has 0 unspecified atom stereocenters. The highest BCUT2D eigenvalue weighted by molar-refractivity contribution is 7.07. The Balaban J connectivity index is 1.42. The average Bonchev–Trinajstić information content (AvgIpc) is 2.89. The zero-order valence-electron chi connectivity index (χ0n) is 12.7. The van der Waals surface area contributed by atoms with E-state index in [1.165, 1.54) is 19.3 Å². The summed E-state index contributed by atoms with van der Waals surface area (Å²) >= 11 is 1.02. The molecule has 118 valence electrons. The van der Waals surface area contributed by atoms with E-state index in [1.807, 2.05) is 0 Å². The minimum absolute atomic E-state index is 0.0949. The van der Waals surface area contributed by atoms with E-state index in [2.05, 4.69) is 9.59 Å². The van der Waals surface area contributed by atoms with E-state index in [9.17, 15) is 9.59 Å². The smallest absolute Gasteiger partial charge is 0.352 e. The third-order valence-electron chi connectivity index (χ3n) is 5.80. The number of aromatic nitrogens is 2. The summed E-state index contributed by atoms with van der Waals surface area (Å²) in [5, 5.41) is 3.80. The van der Waals surface area contributed by atoms with Crippen LogP contribution in [0.15, 0.2) is 0 Å². The van der Waals surface area contributed by atoms with Gasteiger partial charge in [0.1, 0.15) is 0 Å². The molecule has 6 heteroatoms. The van der Waals surface area contributed by atoms with Crippen molar-refractivity contribution in [2.24, 2.45) is 23.2 Å². The average molecular weight is 320 g/mol. The predicted molar refractivity (Wildman–Crippen MR) is 80.5 cm³/mol. The fraction of sp³-hybridized carbons (Fsp3) is 0.750. The zero-order valence-corrected chi connectivity index (χ0v) is 13.5. The van der Waals surface area contributed by atoms with Crippen molar-refractivity contribution < 1.29 is 14.3 Å². The van der Waals surface area contributed by atoms with E-state index in [4.69, 9.17) is 4.74 Å². The van der Waals surface area contributed by atoms with Crippen molar-refractivity contribution in [1.29, 1.82) is 0 Å². The van der Waals surface area contributed by atoms with Crippen LogP contribution in [-0.4, -0.2) is 27.9 Å². The number of nitrogens with zero attached hydrogens (tertiary/aromatic N) is 2. The van der Waals surface area contributed by atoms with Crippen molar-refractivity contribution in [3.05, 3.63) is 10.6 Å². The lowest BCUT2D eigenvalue weighted by Crippen LogP contribution is -2.51. The fourth-order valence-electron chi connectivity index (χ4n) is 5.22. The topological polar surface area (TPSA) is 69.2 Å². The molecule has 4 aliphatic carbocycles. The van der Waals surface area contributed by atoms with Gasteiger partial charge in [-0.25, -0.2) is 4.79 Å². The molecule has 0 spiro atoms. The first-order valence-corrected chi connectivity index (χ1v) is 8.82. The first-order chi connectivity index (χ1) is 10.6. The number of ketones is 1. The molecule has 5 nitrogen and oxygen atoms in total. The van der Waals surface area contributed by atoms with E-state index in [0.717, 1.165) is 48.5 Å². The second-order valence-electron chi connectivity index (χ2n) is 7.38. The minimum atomic E-state index is -0.467. The number of carbonyl (C=O) groups is 2. The van der Waals surface area contributed by atoms with Crippen LogP contribution in [0.1, 0.15) is 53.9 Å². The molecule has 4 bridgehead atoms. The molecule has 4 saturated carbocycles. The highest BCUT2D eigenvalue weighted by Crippen LogP contribution is 2.60. The Bertz CT molecular complexity index is 589. The van der Waals surface area contributed by atoms with E-state index in [0.29, 0.717) is 10.6 Å². The molecule has 22 heavy (non-hydrogen) atoms. The van der Waals surface area contributed by atoms with Gasteiger partial charge in [0.2, 0.25) is 0 Å². The molecule has 0 N–H and O–H groups in total. The molecule has 1 aromatic rings. The van der Waals surface area contributed by atoms with Gasteiger partial charge in [0.25, 0.3) is 0 Å². The molecule has 0 radical (unpaired) electrons. The molecule has 0 saturated heterocycles. The molecule has 4 aliphatic rings. The number of hydrogen-bond acceptors (Lipinski definition) is 6. The van der Waals surface area contributed by atoms with Crippen LogP contribution in [-0.2, 0) is 9.53 Å². The van der Waals surface area contributed by atoms with Gasteiger partial charge in [-0.2, -0.15) is 0 Å². The summed E-state index contributed by atoms with van der Waals surface area (Å²) < 4.78 is 8.99. The Morgan fingerprint density at radius 2 is 1.77 bits per heavy atom. The molecule has 0 atom stereocenters. The van der Waals surface area contributed by atoms with Crippen LogP contribution in [0.3, 0.4) is 0 Å². The maximum Gasteiger partial charge on any atom is 0.352 e. The SMILES string of the molecule is Cc1nnsc1C(=O)OCC(=O)C12CC3CC(CC(C3)C1)C2. The minimum Gasteiger partial charge on any atom is -0.453 e. The van der Waals surface area contributed by atoms with E-state index < -0.39 is 5.97 Å². The Morgan fingerprint density at radius 1 is 1.18 bits per heavy atom. The number of rotatable bonds is 4. The van der Waals surface area contributed by atoms with Gasteiger partial charge in [-0.1, -0.05) is 4.49 Å². The normalized spacial score (nSPS) is 35.6. The molecule has 0 aliphatic heterocycles. The standard InChI is InChI=1S/C16H20N2O3S/c1-9-14(22-18-17-9)15(20)21-8-13(19)16-5-10-2-11(6-16)4-12(3-10)7-16/h10-12H,2-8H2,1H3. The van der Waals surface area contributed by atoms with Gasteiger partial charge in [0.05, 0.1) is 5.69 Å². The maximum absolute atomic E-state index is 12.8. The van der Waals surface area contributed by atoms with Gasteiger partial charge < -0.3 is 4.74 Å². The number of ether oxygens (including phenoxy) is 1. The summed E-state index contributed by atoms with van der Waals surface area (Å²) in [5.74, 6) is 1.83. The van der Waals surface area contributed by atoms with Crippen LogP contribution in [0.25, 0.3) is 0 Å². The summed E-state index contributed by atoms with van der Waals surface area (Å²) in [4.78, 5) is 25.2. The van der Waals surface area contributed by atoms with Crippen LogP contribution in [0, 0.1) is 30.1 Å². The number of aryl methyl sites for hydroxylation is 1. The quantitative estimate of drug-likeness (QED) is 0.798. The Kier molecular flexibility index (Phi) is 3.33. The number of hydrogen-bond donors (Lipinski definition) is 0. The highest BCUT2D eigenvalue weighted by Gasteiger charge is 2.54. The lowest BCUT2D eigenvalue weighted by atomic mass is 9.48. The van der Waals surface area contributed by atoms with Crippen molar-refractivity contribution in [2.75, 3.05) is 6.61 Å². The molecular weight excluding hydrogens is 300 g/mol. The lowest BCUT2D eigenvalue weighted by molar-refractivity contribution is -0.147. The second kappa shape index (κ2) is 5.11. The molecule has 1 heterocycles. The van der Waals surface area contributed by atoms with E-state index in [1.54, 1.807) is 6.92 Å². The fourth-order valence-corrected chi connectivity index (χ4v) is 5.77. The van der Waals surface area contributed by atoms with Crippen molar-refractivity contribution in [3.63, 3.8) is 0 Å². The first-order valence-electron chi connectivity index (χ1n) is 8.05. The van der Waals surface area contributed by atoms with Crippen LogP contribution in [0.4, 0.5) is 0 Å². The van der Waals surface area contributed by atoms with Gasteiger partial charge in [-0.3, -0.25) is 4.79 Å². The van der Waals surface area contributed by atoms with E-state index in [-0.39, 0.29) is 17.8 Å². The first kappa shape index (κ1) is 14.3. The number of Topliss-reactive ketones (excluding diaryl/α,β-unsaturated/α-hetero) is 1. The molecule has 5 rings (SSSR count). The predicted octanol–water partition coefficient (Wildman–Crippen LogP) is 2.79. The number of esters is 1. The van der Waals surface area contributed by atoms with Crippen LogP contribution in [0.5, 0.6) is 0 Å². The summed E-state index contributed by atoms with van der Waals surface area (Å²) in [7, 11) is 0. The largest absolute Gasteiger partial charge is 0.453 e. The highest BCUT2D eigenvalue weighted by atomic mass is 32.1. The summed E-state index contributed by atoms with van der Waals surface area (Å²) in [6.07, 6.45) is 6.94. The van der Waals surface area contributed by atoms with E-state index >= 15 is 0 Å². The van der Waals surface area contributed by atoms with Crippen LogP contribution in [0.2, 0.25) is 0 Å². The second-order valence-corrected chi connectivity index (χ2v) is 8.14. The Morgan fingerprint density at radius 3 is 2.27 bits per heavy atom. The lowest BCUT2D eigenvalue weighted by Gasteiger charge is -2.55. The van der Waals surface area contributed by atoms with Crippen LogP contribution >= 0.6 is 11.5 Å². The maximum atomic E-state index is 12.8. The van der Waals surface area contributed by atoms with Crippen molar-refractivity contribution >= 4 is 23.3 Å². The molecule has 1 aromatic heterocycles. The van der Waals surface area contributed by atoms with Gasteiger partial charge in [0, 0.05) is 5.41 Å². The van der Waals surface area contributed by atoms with Gasteiger partial charge in [-0.05, 0) is 74.7 Å². The molecule has 4 fully saturated rings. The molecular formula is C16H20N2O3S. The van der Waals surface area contributed by atoms with Crippen molar-refractivity contribution in [1.82, 2.24) is 9.59 Å². The van der Waals surface area contributed by atoms with Crippen molar-refractivity contribution in [3.8, 4) is 0 Å². The van der Waals surface area contributed by atoms with Crippen LogP contribution < -0.4 is 0 Å². The summed E-state index contributed by atoms with van der Waals surface area (Å²) in [6.45, 7) is 1.63. The Hall–Kier alpha value is -1.30. The number of carbonyl (C=O) groups excluding carboxylic acids is 2. The third-order valence-corrected chi connectivity index (χ3v) is 6.61. The monoisotopic (exact) mass is 320 g/mol. The van der Waals surface area contributed by atoms with Gasteiger partial charge in [-0.15, -0.1) is 5.10 Å². The zero-order chi connectivity index (χ0) is 15.3. The molecule has 0 amide bonds. The summed E-state index contributed by atoms with van der Waals surface area (Å²) in [5.41, 5.74) is 0.369.